The van der Waals surface area contributed by atoms with E-state index in [0.29, 0.717) is 16.5 Å². The van der Waals surface area contributed by atoms with Crippen LogP contribution in [0, 0.1) is 0 Å². The van der Waals surface area contributed by atoms with E-state index in [1.165, 1.54) is 49.3 Å². The molecule has 0 spiro atoms. The SMILES string of the molecule is Cl.Cl.O=S(=O)(c1ccccc1)c1ccc(C(F)(F)F)c(S(=O)(=O)N(CCn2ccnc2)NCCn2ccnc2)c1. The molecule has 10 nitrogen and oxygen atoms in total. The van der Waals surface area contributed by atoms with Gasteiger partial charge >= 0.3 is 6.18 Å². The van der Waals surface area contributed by atoms with Gasteiger partial charge < -0.3 is 9.13 Å². The number of sulfone groups is 1. The maximum absolute atomic E-state index is 14.0. The van der Waals surface area contributed by atoms with Crippen LogP contribution in [0.1, 0.15) is 5.56 Å². The predicted octanol–water partition coefficient (Wildman–Crippen LogP) is 3.67. The van der Waals surface area contributed by atoms with E-state index in [0.717, 1.165) is 6.07 Å². The van der Waals surface area contributed by atoms with E-state index in [4.69, 9.17) is 0 Å². The maximum Gasteiger partial charge on any atom is 0.417 e. The van der Waals surface area contributed by atoms with Crippen LogP contribution in [-0.4, -0.2) is 53.4 Å². The number of halogens is 5. The highest BCUT2D eigenvalue weighted by Crippen LogP contribution is 2.37. The molecule has 17 heteroatoms. The van der Waals surface area contributed by atoms with Crippen molar-refractivity contribution in [2.75, 3.05) is 13.1 Å². The lowest BCUT2D eigenvalue weighted by Crippen LogP contribution is -2.46. The van der Waals surface area contributed by atoms with Crippen LogP contribution in [-0.2, 0) is 39.1 Å². The Morgan fingerprint density at radius 2 is 1.43 bits per heavy atom. The fraction of sp³-hybridized carbons (Fsp3) is 0.217. The fourth-order valence-corrected chi connectivity index (χ4v) is 6.54. The Labute approximate surface area is 241 Å². The zero-order valence-electron chi connectivity index (χ0n) is 20.5. The Hall–Kier alpha value is -2.95. The van der Waals surface area contributed by atoms with E-state index in [9.17, 15) is 30.0 Å². The molecule has 218 valence electrons. The molecular weight excluding hydrogens is 616 g/mol. The number of nitrogens with one attached hydrogen (secondary N) is 1. The molecule has 0 atom stereocenters. The summed E-state index contributed by atoms with van der Waals surface area (Å²) in [4.78, 5) is 5.83. The second-order valence-electron chi connectivity index (χ2n) is 8.06. The van der Waals surface area contributed by atoms with Crippen molar-refractivity contribution in [2.45, 2.75) is 34.0 Å². The molecule has 2 heterocycles. The van der Waals surface area contributed by atoms with Gasteiger partial charge in [0, 0.05) is 51.0 Å². The van der Waals surface area contributed by atoms with Gasteiger partial charge in [0.2, 0.25) is 9.84 Å². The minimum Gasteiger partial charge on any atom is -0.336 e. The number of alkyl halides is 3. The summed E-state index contributed by atoms with van der Waals surface area (Å²) >= 11 is 0. The van der Waals surface area contributed by atoms with Crippen molar-refractivity contribution in [3.63, 3.8) is 0 Å². The van der Waals surface area contributed by atoms with Gasteiger partial charge in [-0.25, -0.2) is 32.2 Å². The van der Waals surface area contributed by atoms with Crippen LogP contribution in [0.25, 0.3) is 0 Å². The van der Waals surface area contributed by atoms with Crippen LogP contribution in [0.2, 0.25) is 0 Å². The third-order valence-electron chi connectivity index (χ3n) is 5.53. The molecule has 0 amide bonds. The number of sulfonamides is 1. The average molecular weight is 642 g/mol. The zero-order valence-corrected chi connectivity index (χ0v) is 23.8. The molecule has 0 saturated heterocycles. The third-order valence-corrected chi connectivity index (χ3v) is 9.08. The van der Waals surface area contributed by atoms with Crippen LogP contribution in [0.5, 0.6) is 0 Å². The minimum atomic E-state index is -5.07. The number of hydrogen-bond acceptors (Lipinski definition) is 7. The number of benzene rings is 2. The van der Waals surface area contributed by atoms with Gasteiger partial charge in [0.05, 0.1) is 32.9 Å². The van der Waals surface area contributed by atoms with Crippen molar-refractivity contribution in [1.82, 2.24) is 28.9 Å². The van der Waals surface area contributed by atoms with Gasteiger partial charge in [0.25, 0.3) is 10.0 Å². The first-order chi connectivity index (χ1) is 18.0. The molecule has 0 unspecified atom stereocenters. The molecule has 0 aliphatic rings. The first-order valence-electron chi connectivity index (χ1n) is 11.2. The lowest BCUT2D eigenvalue weighted by molar-refractivity contribution is -0.140. The second-order valence-corrected chi connectivity index (χ2v) is 11.8. The molecule has 4 aromatic rings. The van der Waals surface area contributed by atoms with Gasteiger partial charge in [-0.3, -0.25) is 0 Å². The molecule has 0 bridgehead atoms. The predicted molar refractivity (Wildman–Crippen MR) is 144 cm³/mol. The summed E-state index contributed by atoms with van der Waals surface area (Å²) in [5.74, 6) is 0. The monoisotopic (exact) mass is 640 g/mol. The summed E-state index contributed by atoms with van der Waals surface area (Å²) in [6, 6.07) is 8.83. The Morgan fingerprint density at radius 3 is 1.98 bits per heavy atom. The average Bonchev–Trinajstić information content (AvgIpc) is 3.60. The van der Waals surface area contributed by atoms with Crippen LogP contribution in [0.15, 0.2) is 101 Å². The van der Waals surface area contributed by atoms with E-state index in [1.54, 1.807) is 27.6 Å². The van der Waals surface area contributed by atoms with Crippen molar-refractivity contribution in [2.24, 2.45) is 0 Å². The minimum absolute atomic E-state index is 0. The number of hydrogen-bond donors (Lipinski definition) is 1. The van der Waals surface area contributed by atoms with Gasteiger partial charge in [-0.2, -0.15) is 13.2 Å². The summed E-state index contributed by atoms with van der Waals surface area (Å²) < 4.78 is 99.4. The highest BCUT2D eigenvalue weighted by atomic mass is 35.5. The van der Waals surface area contributed by atoms with Crippen molar-refractivity contribution in [3.8, 4) is 0 Å². The van der Waals surface area contributed by atoms with E-state index in [1.807, 2.05) is 0 Å². The normalized spacial score (nSPS) is 12.1. The molecule has 1 N–H and O–H groups in total. The molecule has 2 aromatic carbocycles. The summed E-state index contributed by atoms with van der Waals surface area (Å²) in [7, 11) is -9.19. The number of nitrogens with zero attached hydrogens (tertiary/aromatic N) is 5. The highest BCUT2D eigenvalue weighted by molar-refractivity contribution is 7.91. The quantitative estimate of drug-likeness (QED) is 0.248. The fourth-order valence-electron chi connectivity index (χ4n) is 3.60. The van der Waals surface area contributed by atoms with Gasteiger partial charge in [-0.1, -0.05) is 18.2 Å². The standard InChI is InChI=1S/C23H23F3N6O4S2.2ClH/c24-23(25,26)21-7-6-20(37(33,34)19-4-2-1-3-5-19)16-22(21)38(35,36)32(15-14-31-12-9-28-18-31)29-10-13-30-11-8-27-17-30;;/h1-9,11-12,16-18,29H,10,13-15H2;2*1H. The Morgan fingerprint density at radius 1 is 0.825 bits per heavy atom. The molecule has 0 fully saturated rings. The number of rotatable bonds is 11. The molecular formula is C23H25Cl2F3N6O4S2. The van der Waals surface area contributed by atoms with E-state index in [-0.39, 0.29) is 55.9 Å². The molecule has 2 aromatic heterocycles. The number of hydrazine groups is 1. The van der Waals surface area contributed by atoms with E-state index in [2.05, 4.69) is 15.4 Å². The Bertz CT molecular complexity index is 1570. The largest absolute Gasteiger partial charge is 0.417 e. The summed E-state index contributed by atoms with van der Waals surface area (Å²) in [6.45, 7) is 0.102. The summed E-state index contributed by atoms with van der Waals surface area (Å²) in [5, 5.41) is 0. The van der Waals surface area contributed by atoms with Crippen LogP contribution < -0.4 is 5.43 Å². The summed E-state index contributed by atoms with van der Waals surface area (Å²) in [6.07, 6.45) is 4.10. The topological polar surface area (TPSA) is 119 Å². The van der Waals surface area contributed by atoms with Crippen molar-refractivity contribution < 1.29 is 30.0 Å². The lowest BCUT2D eigenvalue weighted by atomic mass is 10.2. The van der Waals surface area contributed by atoms with E-state index >= 15 is 0 Å². The molecule has 0 aliphatic heterocycles. The first-order valence-corrected chi connectivity index (χ1v) is 14.1. The maximum atomic E-state index is 14.0. The van der Waals surface area contributed by atoms with Gasteiger partial charge in [0.1, 0.15) is 0 Å². The summed E-state index contributed by atoms with van der Waals surface area (Å²) in [5.41, 5.74) is 1.20. The van der Waals surface area contributed by atoms with Gasteiger partial charge in [0.15, 0.2) is 0 Å². The van der Waals surface area contributed by atoms with Gasteiger partial charge in [-0.15, -0.1) is 29.2 Å². The molecule has 4 rings (SSSR count). The molecule has 0 radical (unpaired) electrons. The first kappa shape index (κ1) is 33.3. The second kappa shape index (κ2) is 13.6. The smallest absolute Gasteiger partial charge is 0.336 e. The molecule has 0 saturated carbocycles. The van der Waals surface area contributed by atoms with Crippen LogP contribution in [0.3, 0.4) is 0 Å². The van der Waals surface area contributed by atoms with Gasteiger partial charge in [-0.05, 0) is 30.3 Å². The highest BCUT2D eigenvalue weighted by Gasteiger charge is 2.40. The van der Waals surface area contributed by atoms with E-state index < -0.39 is 41.4 Å². The number of imidazole rings is 2. The van der Waals surface area contributed by atoms with Crippen molar-refractivity contribution in [3.05, 3.63) is 91.5 Å². The van der Waals surface area contributed by atoms with Crippen LogP contribution in [0.4, 0.5) is 13.2 Å². The third kappa shape index (κ3) is 7.62. The Balaban J connectivity index is 0.00000280. The molecule has 40 heavy (non-hydrogen) atoms. The van der Waals surface area contributed by atoms with Crippen molar-refractivity contribution in [1.29, 1.82) is 0 Å². The molecule has 0 aliphatic carbocycles. The Kier molecular flexibility index (Phi) is 11.3. The zero-order chi connectivity index (χ0) is 27.4. The van der Waals surface area contributed by atoms with Crippen LogP contribution >= 0.6 is 24.8 Å². The van der Waals surface area contributed by atoms with Crippen molar-refractivity contribution >= 4 is 44.7 Å². The lowest BCUT2D eigenvalue weighted by Gasteiger charge is -2.25. The number of aromatic nitrogens is 4.